The van der Waals surface area contributed by atoms with Crippen molar-refractivity contribution >= 4 is 17.6 Å². The number of alkyl halides is 1. The summed E-state index contributed by atoms with van der Waals surface area (Å²) in [5.41, 5.74) is 2.21. The lowest BCUT2D eigenvalue weighted by Crippen LogP contribution is -2.37. The maximum absolute atomic E-state index is 11.4. The first kappa shape index (κ1) is 16.4. The molecule has 1 rings (SSSR count). The molecule has 112 valence electrons. The number of ether oxygens (including phenoxy) is 2. The zero-order valence-corrected chi connectivity index (χ0v) is 12.8. The Bertz CT molecular complexity index is 452. The first-order valence-electron chi connectivity index (χ1n) is 6.41. The van der Waals surface area contributed by atoms with Crippen molar-refractivity contribution in [2.75, 3.05) is 33.2 Å². The lowest BCUT2D eigenvalue weighted by atomic mass is 10.0. The van der Waals surface area contributed by atoms with Crippen molar-refractivity contribution in [1.82, 2.24) is 10.6 Å². The van der Waals surface area contributed by atoms with Gasteiger partial charge in [0.05, 0.1) is 14.2 Å². The highest BCUT2D eigenvalue weighted by Crippen LogP contribution is 2.30. The maximum Gasteiger partial charge on any atom is 0.314 e. The van der Waals surface area contributed by atoms with E-state index in [-0.39, 0.29) is 6.03 Å². The summed E-state index contributed by atoms with van der Waals surface area (Å²) in [5.74, 6) is 1.81. The third kappa shape index (κ3) is 4.81. The average molecular weight is 301 g/mol. The summed E-state index contributed by atoms with van der Waals surface area (Å²) < 4.78 is 10.5. The molecule has 2 amide bonds. The Kier molecular flexibility index (Phi) is 7.01. The van der Waals surface area contributed by atoms with Crippen LogP contribution in [0.25, 0.3) is 0 Å². The van der Waals surface area contributed by atoms with E-state index in [4.69, 9.17) is 21.1 Å². The minimum absolute atomic E-state index is 0.205. The molecule has 0 unspecified atom stereocenters. The van der Waals surface area contributed by atoms with Gasteiger partial charge in [-0.15, -0.1) is 11.6 Å². The molecule has 0 fully saturated rings. The zero-order valence-electron chi connectivity index (χ0n) is 12.1. The van der Waals surface area contributed by atoms with E-state index in [0.717, 1.165) is 17.5 Å². The molecule has 0 aliphatic heterocycles. The fourth-order valence-electron chi connectivity index (χ4n) is 1.83. The highest BCUT2D eigenvalue weighted by atomic mass is 35.5. The van der Waals surface area contributed by atoms with Crippen LogP contribution >= 0.6 is 11.6 Å². The van der Waals surface area contributed by atoms with Crippen molar-refractivity contribution in [2.24, 2.45) is 0 Å². The van der Waals surface area contributed by atoms with Crippen molar-refractivity contribution in [3.05, 3.63) is 23.3 Å². The van der Waals surface area contributed by atoms with Crippen LogP contribution in [0.5, 0.6) is 11.5 Å². The van der Waals surface area contributed by atoms with Crippen molar-refractivity contribution in [1.29, 1.82) is 0 Å². The number of hydrogen-bond acceptors (Lipinski definition) is 3. The van der Waals surface area contributed by atoms with Crippen molar-refractivity contribution in [3.63, 3.8) is 0 Å². The lowest BCUT2D eigenvalue weighted by Gasteiger charge is -2.13. The topological polar surface area (TPSA) is 59.6 Å². The number of halogens is 1. The Morgan fingerprint density at radius 3 is 2.35 bits per heavy atom. The van der Waals surface area contributed by atoms with Crippen molar-refractivity contribution < 1.29 is 14.3 Å². The second-order valence-electron chi connectivity index (χ2n) is 4.26. The van der Waals surface area contributed by atoms with E-state index >= 15 is 0 Å². The molecule has 0 bridgehead atoms. The summed E-state index contributed by atoms with van der Waals surface area (Å²) in [4.78, 5) is 11.4. The van der Waals surface area contributed by atoms with Gasteiger partial charge < -0.3 is 20.1 Å². The average Bonchev–Trinajstić information content (AvgIpc) is 2.46. The van der Waals surface area contributed by atoms with Gasteiger partial charge in [0.15, 0.2) is 11.5 Å². The molecule has 0 radical (unpaired) electrons. The van der Waals surface area contributed by atoms with Gasteiger partial charge in [0, 0.05) is 19.0 Å². The Hall–Kier alpha value is -1.62. The number of rotatable bonds is 7. The van der Waals surface area contributed by atoms with Crippen LogP contribution in [0.3, 0.4) is 0 Å². The van der Waals surface area contributed by atoms with Gasteiger partial charge in [0.2, 0.25) is 0 Å². The van der Waals surface area contributed by atoms with Crippen LogP contribution in [0.15, 0.2) is 12.1 Å². The molecule has 0 aliphatic carbocycles. The molecule has 0 saturated heterocycles. The van der Waals surface area contributed by atoms with E-state index < -0.39 is 0 Å². The van der Waals surface area contributed by atoms with Gasteiger partial charge in [-0.2, -0.15) is 0 Å². The Morgan fingerprint density at radius 2 is 1.75 bits per heavy atom. The van der Waals surface area contributed by atoms with Gasteiger partial charge in [-0.05, 0) is 36.6 Å². The van der Waals surface area contributed by atoms with Crippen LogP contribution in [-0.2, 0) is 6.42 Å². The monoisotopic (exact) mass is 300 g/mol. The maximum atomic E-state index is 11.4. The van der Waals surface area contributed by atoms with E-state index in [0.29, 0.717) is 30.5 Å². The van der Waals surface area contributed by atoms with Crippen molar-refractivity contribution in [3.8, 4) is 11.5 Å². The SMILES string of the molecule is COc1cc(C)c(CCNC(=O)NCCCl)cc1OC. The number of amides is 2. The Morgan fingerprint density at radius 1 is 1.15 bits per heavy atom. The standard InChI is InChI=1S/C14H21ClN2O3/c1-10-8-12(19-2)13(20-3)9-11(10)4-6-16-14(18)17-7-5-15/h8-9H,4-7H2,1-3H3,(H2,16,17,18). The molecule has 0 aromatic heterocycles. The Balaban J connectivity index is 2.57. The third-order valence-corrected chi connectivity index (χ3v) is 3.09. The van der Waals surface area contributed by atoms with E-state index in [1.54, 1.807) is 14.2 Å². The number of carbonyl (C=O) groups excluding carboxylic acids is 1. The van der Waals surface area contributed by atoms with Gasteiger partial charge in [0.1, 0.15) is 0 Å². The molecule has 0 atom stereocenters. The number of aryl methyl sites for hydroxylation is 1. The number of urea groups is 1. The highest BCUT2D eigenvalue weighted by Gasteiger charge is 2.08. The molecule has 6 heteroatoms. The fraction of sp³-hybridized carbons (Fsp3) is 0.500. The van der Waals surface area contributed by atoms with Crippen LogP contribution in [0.2, 0.25) is 0 Å². The lowest BCUT2D eigenvalue weighted by molar-refractivity contribution is 0.241. The number of methoxy groups -OCH3 is 2. The van der Waals surface area contributed by atoms with E-state index in [9.17, 15) is 4.79 Å². The van der Waals surface area contributed by atoms with Gasteiger partial charge in [-0.25, -0.2) is 4.79 Å². The molecule has 0 aliphatic rings. The quantitative estimate of drug-likeness (QED) is 0.758. The highest BCUT2D eigenvalue weighted by molar-refractivity contribution is 6.18. The molecule has 0 spiro atoms. The molecule has 1 aromatic rings. The molecule has 0 heterocycles. The summed E-state index contributed by atoms with van der Waals surface area (Å²) in [6.45, 7) is 3.01. The number of hydrogen-bond donors (Lipinski definition) is 2. The smallest absolute Gasteiger partial charge is 0.314 e. The van der Waals surface area contributed by atoms with E-state index in [1.165, 1.54) is 0 Å². The number of nitrogens with one attached hydrogen (secondary N) is 2. The van der Waals surface area contributed by atoms with E-state index in [1.807, 2.05) is 19.1 Å². The third-order valence-electron chi connectivity index (χ3n) is 2.90. The first-order chi connectivity index (χ1) is 9.62. The van der Waals surface area contributed by atoms with Crippen molar-refractivity contribution in [2.45, 2.75) is 13.3 Å². The van der Waals surface area contributed by atoms with Crippen LogP contribution in [0.4, 0.5) is 4.79 Å². The van der Waals surface area contributed by atoms with Gasteiger partial charge >= 0.3 is 6.03 Å². The summed E-state index contributed by atoms with van der Waals surface area (Å²) >= 11 is 5.49. The number of benzene rings is 1. The van der Waals surface area contributed by atoms with Gasteiger partial charge in [-0.1, -0.05) is 0 Å². The summed E-state index contributed by atoms with van der Waals surface area (Å²) in [6, 6.07) is 3.66. The van der Waals surface area contributed by atoms with Crippen LogP contribution < -0.4 is 20.1 Å². The molecular weight excluding hydrogens is 280 g/mol. The van der Waals surface area contributed by atoms with Crippen LogP contribution in [0.1, 0.15) is 11.1 Å². The predicted octanol–water partition coefficient (Wildman–Crippen LogP) is 2.09. The zero-order chi connectivity index (χ0) is 15.0. The minimum atomic E-state index is -0.205. The largest absolute Gasteiger partial charge is 0.493 e. The summed E-state index contributed by atoms with van der Waals surface area (Å²) in [6.07, 6.45) is 0.723. The van der Waals surface area contributed by atoms with Crippen LogP contribution in [-0.4, -0.2) is 39.2 Å². The molecule has 20 heavy (non-hydrogen) atoms. The van der Waals surface area contributed by atoms with Gasteiger partial charge in [-0.3, -0.25) is 0 Å². The second-order valence-corrected chi connectivity index (χ2v) is 4.63. The Labute approximate surface area is 124 Å². The summed E-state index contributed by atoms with van der Waals surface area (Å²) in [7, 11) is 3.22. The fourth-order valence-corrected chi connectivity index (χ4v) is 1.92. The van der Waals surface area contributed by atoms with Gasteiger partial charge in [0.25, 0.3) is 0 Å². The number of carbonyl (C=O) groups is 1. The molecule has 0 saturated carbocycles. The normalized spacial score (nSPS) is 10.0. The van der Waals surface area contributed by atoms with E-state index in [2.05, 4.69) is 10.6 Å². The molecule has 1 aromatic carbocycles. The second kappa shape index (κ2) is 8.53. The molecule has 5 nitrogen and oxygen atoms in total. The first-order valence-corrected chi connectivity index (χ1v) is 6.95. The predicted molar refractivity (Wildman–Crippen MR) is 80.1 cm³/mol. The minimum Gasteiger partial charge on any atom is -0.493 e. The summed E-state index contributed by atoms with van der Waals surface area (Å²) in [5, 5.41) is 5.43. The van der Waals surface area contributed by atoms with Crippen LogP contribution in [0, 0.1) is 6.92 Å². The molecular formula is C14H21ClN2O3. The molecule has 2 N–H and O–H groups in total.